The first-order chi connectivity index (χ1) is 6.72. The van der Waals surface area contributed by atoms with Gasteiger partial charge in [-0.15, -0.1) is 11.3 Å². The van der Waals surface area contributed by atoms with Gasteiger partial charge in [0.15, 0.2) is 0 Å². The van der Waals surface area contributed by atoms with Crippen molar-refractivity contribution in [1.82, 2.24) is 9.88 Å². The van der Waals surface area contributed by atoms with Crippen molar-refractivity contribution in [3.63, 3.8) is 0 Å². The standard InChI is InChI=1S/C8H11BrF2N2S/c9-1-3-13(5-7(10)11)6-8-12-2-4-14-8/h2,4,7H,1,3,5-6H2. The van der Waals surface area contributed by atoms with Gasteiger partial charge in [-0.2, -0.15) is 0 Å². The molecule has 1 aromatic heterocycles. The third-order valence-electron chi connectivity index (χ3n) is 1.64. The number of aromatic nitrogens is 1. The highest BCUT2D eigenvalue weighted by atomic mass is 79.9. The highest BCUT2D eigenvalue weighted by Gasteiger charge is 2.12. The van der Waals surface area contributed by atoms with Crippen LogP contribution in [0.15, 0.2) is 11.6 Å². The van der Waals surface area contributed by atoms with Gasteiger partial charge in [0.05, 0.1) is 13.1 Å². The molecule has 1 heterocycles. The molecule has 0 saturated carbocycles. The zero-order valence-electron chi connectivity index (χ0n) is 7.50. The molecule has 1 aromatic rings. The maximum Gasteiger partial charge on any atom is 0.251 e. The Balaban J connectivity index is 2.42. The zero-order chi connectivity index (χ0) is 10.4. The monoisotopic (exact) mass is 284 g/mol. The Bertz CT molecular complexity index is 243. The minimum Gasteiger partial charge on any atom is -0.290 e. The molecule has 80 valence electrons. The van der Waals surface area contributed by atoms with E-state index in [1.807, 2.05) is 5.38 Å². The van der Waals surface area contributed by atoms with Gasteiger partial charge in [0.2, 0.25) is 0 Å². The maximum absolute atomic E-state index is 12.2. The number of hydrogen-bond donors (Lipinski definition) is 0. The lowest BCUT2D eigenvalue weighted by Gasteiger charge is -2.19. The second kappa shape index (κ2) is 6.42. The normalized spacial score (nSPS) is 11.5. The number of hydrogen-bond acceptors (Lipinski definition) is 3. The Kier molecular flexibility index (Phi) is 5.50. The molecule has 0 atom stereocenters. The summed E-state index contributed by atoms with van der Waals surface area (Å²) < 4.78 is 24.3. The van der Waals surface area contributed by atoms with Gasteiger partial charge >= 0.3 is 0 Å². The third kappa shape index (κ3) is 4.43. The summed E-state index contributed by atoms with van der Waals surface area (Å²) in [5, 5.41) is 3.43. The van der Waals surface area contributed by atoms with Crippen LogP contribution in [0, 0.1) is 0 Å². The van der Waals surface area contributed by atoms with Gasteiger partial charge in [-0.1, -0.05) is 15.9 Å². The second-order valence-corrected chi connectivity index (χ2v) is 4.51. The molecule has 0 aromatic carbocycles. The molecule has 0 saturated heterocycles. The van der Waals surface area contributed by atoms with E-state index >= 15 is 0 Å². The molecule has 0 spiro atoms. The van der Waals surface area contributed by atoms with Gasteiger partial charge in [-0.25, -0.2) is 13.8 Å². The summed E-state index contributed by atoms with van der Waals surface area (Å²) in [6.07, 6.45) is -0.594. The topological polar surface area (TPSA) is 16.1 Å². The smallest absolute Gasteiger partial charge is 0.251 e. The summed E-state index contributed by atoms with van der Waals surface area (Å²) in [6.45, 7) is 0.933. The minimum atomic E-state index is -2.28. The first-order valence-electron chi connectivity index (χ1n) is 4.17. The van der Waals surface area contributed by atoms with Crippen molar-refractivity contribution >= 4 is 27.3 Å². The van der Waals surface area contributed by atoms with Crippen LogP contribution >= 0.6 is 27.3 Å². The van der Waals surface area contributed by atoms with Crippen LogP contribution in [0.2, 0.25) is 0 Å². The van der Waals surface area contributed by atoms with Crippen molar-refractivity contribution in [2.24, 2.45) is 0 Å². The molecule has 0 fully saturated rings. The SMILES string of the molecule is FC(F)CN(CCBr)Cc1nccs1. The number of alkyl halides is 3. The van der Waals surface area contributed by atoms with Crippen LogP contribution in [-0.2, 0) is 6.54 Å². The average Bonchev–Trinajstić information content (AvgIpc) is 2.56. The van der Waals surface area contributed by atoms with Crippen molar-refractivity contribution in [3.05, 3.63) is 16.6 Å². The third-order valence-corrected chi connectivity index (χ3v) is 2.76. The van der Waals surface area contributed by atoms with E-state index in [1.165, 1.54) is 11.3 Å². The minimum absolute atomic E-state index is 0.189. The number of nitrogens with zero attached hydrogens (tertiary/aromatic N) is 2. The summed E-state index contributed by atoms with van der Waals surface area (Å²) in [7, 11) is 0. The summed E-state index contributed by atoms with van der Waals surface area (Å²) in [5.74, 6) is 0. The fourth-order valence-electron chi connectivity index (χ4n) is 1.07. The molecule has 1 rings (SSSR count). The van der Waals surface area contributed by atoms with Crippen molar-refractivity contribution in [2.45, 2.75) is 13.0 Å². The van der Waals surface area contributed by atoms with E-state index in [9.17, 15) is 8.78 Å². The number of halogens is 3. The number of thiazole rings is 1. The Labute approximate surface area is 94.1 Å². The molecule has 0 aliphatic heterocycles. The molecule has 6 heteroatoms. The fourth-order valence-corrected chi connectivity index (χ4v) is 2.23. The quantitative estimate of drug-likeness (QED) is 0.747. The van der Waals surface area contributed by atoms with Crippen molar-refractivity contribution in [1.29, 1.82) is 0 Å². The molecule has 0 N–H and O–H groups in total. The lowest BCUT2D eigenvalue weighted by Crippen LogP contribution is -2.30. The van der Waals surface area contributed by atoms with Crippen LogP contribution in [-0.4, -0.2) is 34.7 Å². The van der Waals surface area contributed by atoms with Gasteiger partial charge < -0.3 is 0 Å². The van der Waals surface area contributed by atoms with E-state index < -0.39 is 6.43 Å². The predicted molar refractivity (Wildman–Crippen MR) is 57.2 cm³/mol. The highest BCUT2D eigenvalue weighted by molar-refractivity contribution is 9.09. The highest BCUT2D eigenvalue weighted by Crippen LogP contribution is 2.09. The molecule has 0 unspecified atom stereocenters. The summed E-state index contributed by atoms with van der Waals surface area (Å²) in [4.78, 5) is 5.75. The van der Waals surface area contributed by atoms with E-state index in [1.54, 1.807) is 11.1 Å². The van der Waals surface area contributed by atoms with E-state index in [0.717, 1.165) is 5.01 Å². The second-order valence-electron chi connectivity index (χ2n) is 2.74. The van der Waals surface area contributed by atoms with Crippen LogP contribution in [0.5, 0.6) is 0 Å². The fraction of sp³-hybridized carbons (Fsp3) is 0.625. The van der Waals surface area contributed by atoms with Crippen molar-refractivity contribution in [3.8, 4) is 0 Å². The van der Waals surface area contributed by atoms with Crippen LogP contribution < -0.4 is 0 Å². The van der Waals surface area contributed by atoms with Crippen LogP contribution in [0.1, 0.15) is 5.01 Å². The molecule has 0 aliphatic carbocycles. The van der Waals surface area contributed by atoms with Crippen LogP contribution in [0.4, 0.5) is 8.78 Å². The molecule has 2 nitrogen and oxygen atoms in total. The Morgan fingerprint density at radius 1 is 1.57 bits per heavy atom. The molecule has 0 amide bonds. The van der Waals surface area contributed by atoms with Gasteiger partial charge in [-0.05, 0) is 0 Å². The van der Waals surface area contributed by atoms with Crippen molar-refractivity contribution in [2.75, 3.05) is 18.4 Å². The Morgan fingerprint density at radius 3 is 2.86 bits per heavy atom. The van der Waals surface area contributed by atoms with Crippen LogP contribution in [0.3, 0.4) is 0 Å². The van der Waals surface area contributed by atoms with Gasteiger partial charge in [-0.3, -0.25) is 4.90 Å². The Hall–Kier alpha value is -0.0700. The lowest BCUT2D eigenvalue weighted by molar-refractivity contribution is 0.0881. The molecule has 0 radical (unpaired) electrons. The van der Waals surface area contributed by atoms with E-state index in [4.69, 9.17) is 0 Å². The van der Waals surface area contributed by atoms with E-state index in [-0.39, 0.29) is 6.54 Å². The summed E-state index contributed by atoms with van der Waals surface area (Å²) in [6, 6.07) is 0. The largest absolute Gasteiger partial charge is 0.290 e. The molecular formula is C8H11BrF2N2S. The average molecular weight is 285 g/mol. The lowest BCUT2D eigenvalue weighted by atomic mass is 10.4. The number of rotatable bonds is 6. The van der Waals surface area contributed by atoms with Gasteiger partial charge in [0.25, 0.3) is 6.43 Å². The van der Waals surface area contributed by atoms with E-state index in [2.05, 4.69) is 20.9 Å². The Morgan fingerprint density at radius 2 is 2.36 bits per heavy atom. The summed E-state index contributed by atoms with van der Waals surface area (Å²) >= 11 is 4.73. The summed E-state index contributed by atoms with van der Waals surface area (Å²) in [5.41, 5.74) is 0. The predicted octanol–water partition coefficient (Wildman–Crippen LogP) is 2.61. The first-order valence-corrected chi connectivity index (χ1v) is 6.17. The first kappa shape index (κ1) is 12.0. The van der Waals surface area contributed by atoms with E-state index in [0.29, 0.717) is 18.4 Å². The van der Waals surface area contributed by atoms with Gasteiger partial charge in [0, 0.05) is 23.5 Å². The van der Waals surface area contributed by atoms with Gasteiger partial charge in [0.1, 0.15) is 5.01 Å². The molecule has 14 heavy (non-hydrogen) atoms. The zero-order valence-corrected chi connectivity index (χ0v) is 9.90. The molecule has 0 bridgehead atoms. The van der Waals surface area contributed by atoms with Crippen LogP contribution in [0.25, 0.3) is 0 Å². The maximum atomic E-state index is 12.2. The molecule has 0 aliphatic rings. The molecular weight excluding hydrogens is 274 g/mol. The van der Waals surface area contributed by atoms with Crippen molar-refractivity contribution < 1.29 is 8.78 Å².